The Morgan fingerprint density at radius 2 is 2.00 bits per heavy atom. The molecule has 1 heterocycles. The summed E-state index contributed by atoms with van der Waals surface area (Å²) in [4.78, 5) is 15.2. The van der Waals surface area contributed by atoms with Gasteiger partial charge in [-0.3, -0.25) is 9.78 Å². The number of hydrogen-bond acceptors (Lipinski definition) is 5. The highest BCUT2D eigenvalue weighted by molar-refractivity contribution is 7.89. The molecule has 21 heavy (non-hydrogen) atoms. The van der Waals surface area contributed by atoms with Crippen LogP contribution in [0, 0.1) is 0 Å². The first-order valence-corrected chi connectivity index (χ1v) is 7.41. The van der Waals surface area contributed by atoms with Gasteiger partial charge in [-0.2, -0.15) is 0 Å². The third-order valence-electron chi connectivity index (χ3n) is 2.29. The van der Waals surface area contributed by atoms with Crippen molar-refractivity contribution in [2.75, 3.05) is 19.6 Å². The summed E-state index contributed by atoms with van der Waals surface area (Å²) in [5, 5.41) is 2.64. The Kier molecular flexibility index (Phi) is 12.5. The second kappa shape index (κ2) is 11.7. The van der Waals surface area contributed by atoms with Gasteiger partial charge in [0.15, 0.2) is 0 Å². The predicted molar refractivity (Wildman–Crippen MR) is 85.2 cm³/mol. The summed E-state index contributed by atoms with van der Waals surface area (Å²) in [6.07, 6.45) is 3.53. The molecule has 1 rings (SSSR count). The Balaban J connectivity index is 0. The molecular weight excluding hydrogens is 339 g/mol. The third-order valence-corrected chi connectivity index (χ3v) is 3.74. The molecular formula is C11H20Cl2N4O3S. The van der Waals surface area contributed by atoms with Crippen LogP contribution in [0.15, 0.2) is 29.4 Å². The van der Waals surface area contributed by atoms with Crippen molar-refractivity contribution in [3.63, 3.8) is 0 Å². The highest BCUT2D eigenvalue weighted by atomic mass is 35.5. The van der Waals surface area contributed by atoms with Crippen LogP contribution in [0.2, 0.25) is 0 Å². The van der Waals surface area contributed by atoms with E-state index in [0.717, 1.165) is 0 Å². The normalized spacial score (nSPS) is 10.1. The molecule has 0 saturated carbocycles. The number of pyridine rings is 1. The fourth-order valence-corrected chi connectivity index (χ4v) is 2.30. The number of sulfonamides is 1. The van der Waals surface area contributed by atoms with Crippen molar-refractivity contribution in [2.45, 2.75) is 17.7 Å². The van der Waals surface area contributed by atoms with Crippen molar-refractivity contribution in [2.24, 2.45) is 5.73 Å². The largest absolute Gasteiger partial charge is 0.356 e. The standard InChI is InChI=1S/C11H18N4O3S.2ClH/c12-5-2-7-14-11(16)4-8-15-19(17,18)10-3-1-6-13-9-10;;/h1,3,6,9,15H,2,4-5,7-8,12H2,(H,14,16);2*1H. The maximum Gasteiger partial charge on any atom is 0.242 e. The van der Waals surface area contributed by atoms with Gasteiger partial charge in [-0.1, -0.05) is 0 Å². The summed E-state index contributed by atoms with van der Waals surface area (Å²) in [6.45, 7) is 1.06. The number of hydrogen-bond donors (Lipinski definition) is 3. The maximum atomic E-state index is 11.8. The average Bonchev–Trinajstić information content (AvgIpc) is 2.40. The van der Waals surface area contributed by atoms with Crippen LogP contribution in [-0.4, -0.2) is 38.9 Å². The first-order chi connectivity index (χ1) is 9.06. The molecule has 122 valence electrons. The molecule has 0 spiro atoms. The first kappa shape index (κ1) is 22.4. The van der Waals surface area contributed by atoms with Crippen molar-refractivity contribution in [3.8, 4) is 0 Å². The minimum Gasteiger partial charge on any atom is -0.356 e. The summed E-state index contributed by atoms with van der Waals surface area (Å²) >= 11 is 0. The Morgan fingerprint density at radius 1 is 1.29 bits per heavy atom. The molecule has 0 aliphatic rings. The van der Waals surface area contributed by atoms with Gasteiger partial charge in [-0.05, 0) is 25.1 Å². The molecule has 7 nitrogen and oxygen atoms in total. The van der Waals surface area contributed by atoms with E-state index >= 15 is 0 Å². The zero-order chi connectivity index (χ0) is 14.1. The number of carbonyl (C=O) groups is 1. The number of rotatable bonds is 8. The second-order valence-corrected chi connectivity index (χ2v) is 5.60. The van der Waals surface area contributed by atoms with Crippen LogP contribution in [0.5, 0.6) is 0 Å². The highest BCUT2D eigenvalue weighted by Gasteiger charge is 2.13. The number of nitrogens with one attached hydrogen (secondary N) is 2. The lowest BCUT2D eigenvalue weighted by Crippen LogP contribution is -2.31. The van der Waals surface area contributed by atoms with E-state index in [4.69, 9.17) is 5.73 Å². The Labute approximate surface area is 137 Å². The van der Waals surface area contributed by atoms with Gasteiger partial charge in [-0.15, -0.1) is 24.8 Å². The first-order valence-electron chi connectivity index (χ1n) is 5.93. The molecule has 4 N–H and O–H groups in total. The van der Waals surface area contributed by atoms with Crippen LogP contribution in [0.4, 0.5) is 0 Å². The van der Waals surface area contributed by atoms with Gasteiger partial charge < -0.3 is 11.1 Å². The molecule has 1 aromatic heterocycles. The number of amides is 1. The summed E-state index contributed by atoms with van der Waals surface area (Å²) in [7, 11) is -3.59. The van der Waals surface area contributed by atoms with Crippen LogP contribution >= 0.6 is 24.8 Å². The van der Waals surface area contributed by atoms with E-state index in [1.807, 2.05) is 0 Å². The van der Waals surface area contributed by atoms with Crippen LogP contribution < -0.4 is 15.8 Å². The molecule has 0 unspecified atom stereocenters. The molecule has 0 aliphatic carbocycles. The van der Waals surface area contributed by atoms with Crippen molar-refractivity contribution < 1.29 is 13.2 Å². The Hall–Kier alpha value is -0.930. The van der Waals surface area contributed by atoms with Gasteiger partial charge in [0.25, 0.3) is 0 Å². The molecule has 10 heteroatoms. The van der Waals surface area contributed by atoms with Gasteiger partial charge in [0.1, 0.15) is 4.90 Å². The molecule has 0 atom stereocenters. The summed E-state index contributed by atoms with van der Waals surface area (Å²) in [5.41, 5.74) is 5.29. The third kappa shape index (κ3) is 8.84. The van der Waals surface area contributed by atoms with Gasteiger partial charge in [0.2, 0.25) is 15.9 Å². The van der Waals surface area contributed by atoms with Crippen molar-refractivity contribution >= 4 is 40.7 Å². The second-order valence-electron chi connectivity index (χ2n) is 3.83. The monoisotopic (exact) mass is 358 g/mol. The topological polar surface area (TPSA) is 114 Å². The molecule has 0 aliphatic heterocycles. The molecule has 0 saturated heterocycles. The van der Waals surface area contributed by atoms with Gasteiger partial charge >= 0.3 is 0 Å². The number of aromatic nitrogens is 1. The lowest BCUT2D eigenvalue weighted by molar-refractivity contribution is -0.120. The van der Waals surface area contributed by atoms with Crippen LogP contribution in [0.1, 0.15) is 12.8 Å². The van der Waals surface area contributed by atoms with Gasteiger partial charge in [0, 0.05) is 31.9 Å². The van der Waals surface area contributed by atoms with Crippen molar-refractivity contribution in [1.82, 2.24) is 15.0 Å². The Morgan fingerprint density at radius 3 is 2.57 bits per heavy atom. The Bertz CT molecular complexity index is 499. The number of nitrogens with zero attached hydrogens (tertiary/aromatic N) is 1. The quantitative estimate of drug-likeness (QED) is 0.568. The number of halogens is 2. The predicted octanol–water partition coefficient (Wildman–Crippen LogP) is 0.0586. The zero-order valence-corrected chi connectivity index (χ0v) is 13.8. The molecule has 0 fully saturated rings. The highest BCUT2D eigenvalue weighted by Crippen LogP contribution is 2.04. The van der Waals surface area contributed by atoms with Crippen molar-refractivity contribution in [3.05, 3.63) is 24.5 Å². The molecule has 1 amide bonds. The van der Waals surface area contributed by atoms with E-state index in [1.165, 1.54) is 24.5 Å². The van der Waals surface area contributed by atoms with E-state index in [-0.39, 0.29) is 48.6 Å². The van der Waals surface area contributed by atoms with E-state index in [1.54, 1.807) is 0 Å². The number of nitrogens with two attached hydrogens (primary N) is 1. The molecule has 0 aromatic carbocycles. The van der Waals surface area contributed by atoms with E-state index in [0.29, 0.717) is 19.5 Å². The van der Waals surface area contributed by atoms with E-state index in [2.05, 4.69) is 15.0 Å². The van der Waals surface area contributed by atoms with Crippen LogP contribution in [0.25, 0.3) is 0 Å². The van der Waals surface area contributed by atoms with Crippen LogP contribution in [-0.2, 0) is 14.8 Å². The van der Waals surface area contributed by atoms with Crippen LogP contribution in [0.3, 0.4) is 0 Å². The maximum absolute atomic E-state index is 11.8. The molecule has 0 radical (unpaired) electrons. The van der Waals surface area contributed by atoms with E-state index in [9.17, 15) is 13.2 Å². The summed E-state index contributed by atoms with van der Waals surface area (Å²) < 4.78 is 25.9. The summed E-state index contributed by atoms with van der Waals surface area (Å²) in [5.74, 6) is -0.206. The average molecular weight is 359 g/mol. The van der Waals surface area contributed by atoms with Crippen molar-refractivity contribution in [1.29, 1.82) is 0 Å². The summed E-state index contributed by atoms with van der Waals surface area (Å²) in [6, 6.07) is 2.98. The lowest BCUT2D eigenvalue weighted by Gasteiger charge is -2.06. The smallest absolute Gasteiger partial charge is 0.242 e. The minimum atomic E-state index is -3.59. The molecule has 1 aromatic rings. The number of carbonyl (C=O) groups excluding carboxylic acids is 1. The van der Waals surface area contributed by atoms with Gasteiger partial charge in [0.05, 0.1) is 0 Å². The zero-order valence-electron chi connectivity index (χ0n) is 11.3. The fourth-order valence-electron chi connectivity index (χ4n) is 1.31. The lowest BCUT2D eigenvalue weighted by atomic mass is 10.4. The minimum absolute atomic E-state index is 0. The van der Waals surface area contributed by atoms with E-state index < -0.39 is 10.0 Å². The van der Waals surface area contributed by atoms with Gasteiger partial charge in [-0.25, -0.2) is 13.1 Å². The fraction of sp³-hybridized carbons (Fsp3) is 0.455. The molecule has 0 bridgehead atoms. The SMILES string of the molecule is Cl.Cl.NCCCNC(=O)CCNS(=O)(=O)c1cccnc1.